The second-order valence-electron chi connectivity index (χ2n) is 6.28. The molecule has 1 aliphatic heterocycles. The number of nitrogens with zero attached hydrogens (tertiary/aromatic N) is 2. The standard InChI is InChI=1S/C20H22F2N2O3/c1-14-6-3-4-8-16(14)23-10-12-24(13-11-23)19(25)15-7-5-9-17(26-2)18(15)27-20(21)22/h3-9,20H,10-13H2,1-2H3. The average molecular weight is 376 g/mol. The van der Waals surface area contributed by atoms with E-state index in [1.165, 1.54) is 24.8 Å². The minimum absolute atomic E-state index is 0.0824. The van der Waals surface area contributed by atoms with Gasteiger partial charge < -0.3 is 19.3 Å². The molecule has 0 atom stereocenters. The number of para-hydroxylation sites is 2. The van der Waals surface area contributed by atoms with Crippen molar-refractivity contribution in [3.63, 3.8) is 0 Å². The van der Waals surface area contributed by atoms with Crippen LogP contribution in [0, 0.1) is 6.92 Å². The number of halogens is 2. The summed E-state index contributed by atoms with van der Waals surface area (Å²) in [5, 5.41) is 0. The highest BCUT2D eigenvalue weighted by molar-refractivity contribution is 5.98. The lowest BCUT2D eigenvalue weighted by Crippen LogP contribution is -2.49. The van der Waals surface area contributed by atoms with E-state index in [0.717, 1.165) is 5.69 Å². The molecule has 144 valence electrons. The van der Waals surface area contributed by atoms with Gasteiger partial charge in [-0.05, 0) is 30.7 Å². The number of carbonyl (C=O) groups is 1. The van der Waals surface area contributed by atoms with Gasteiger partial charge in [0.2, 0.25) is 0 Å². The number of benzene rings is 2. The van der Waals surface area contributed by atoms with Gasteiger partial charge in [-0.1, -0.05) is 24.3 Å². The summed E-state index contributed by atoms with van der Waals surface area (Å²) in [5.41, 5.74) is 2.41. The SMILES string of the molecule is COc1cccc(C(=O)N2CCN(c3ccccc3C)CC2)c1OC(F)F. The molecule has 0 N–H and O–H groups in total. The van der Waals surface area contributed by atoms with Gasteiger partial charge in [0.15, 0.2) is 11.5 Å². The Labute approximate surface area is 157 Å². The molecule has 0 unspecified atom stereocenters. The monoisotopic (exact) mass is 376 g/mol. The van der Waals surface area contributed by atoms with Crippen molar-refractivity contribution in [1.29, 1.82) is 0 Å². The summed E-state index contributed by atoms with van der Waals surface area (Å²) >= 11 is 0. The zero-order valence-corrected chi connectivity index (χ0v) is 15.3. The Kier molecular flexibility index (Phi) is 5.78. The second-order valence-corrected chi connectivity index (χ2v) is 6.28. The van der Waals surface area contributed by atoms with Crippen LogP contribution in [0.2, 0.25) is 0 Å². The van der Waals surface area contributed by atoms with Gasteiger partial charge in [0.25, 0.3) is 5.91 Å². The highest BCUT2D eigenvalue weighted by Gasteiger charge is 2.27. The second kappa shape index (κ2) is 8.24. The highest BCUT2D eigenvalue weighted by atomic mass is 19.3. The smallest absolute Gasteiger partial charge is 0.387 e. The molecule has 0 saturated carbocycles. The van der Waals surface area contributed by atoms with Crippen molar-refractivity contribution in [3.05, 3.63) is 53.6 Å². The lowest BCUT2D eigenvalue weighted by Gasteiger charge is -2.37. The van der Waals surface area contributed by atoms with Crippen molar-refractivity contribution in [2.75, 3.05) is 38.2 Å². The summed E-state index contributed by atoms with van der Waals surface area (Å²) in [4.78, 5) is 16.8. The topological polar surface area (TPSA) is 42.0 Å². The van der Waals surface area contributed by atoms with Crippen molar-refractivity contribution in [2.24, 2.45) is 0 Å². The number of hydrogen-bond acceptors (Lipinski definition) is 4. The lowest BCUT2D eigenvalue weighted by atomic mass is 10.1. The average Bonchev–Trinajstić information content (AvgIpc) is 2.68. The number of ether oxygens (including phenoxy) is 2. The van der Waals surface area contributed by atoms with Gasteiger partial charge in [-0.15, -0.1) is 0 Å². The van der Waals surface area contributed by atoms with Crippen molar-refractivity contribution in [1.82, 2.24) is 4.90 Å². The van der Waals surface area contributed by atoms with E-state index in [-0.39, 0.29) is 23.0 Å². The molecule has 2 aromatic rings. The van der Waals surface area contributed by atoms with E-state index in [4.69, 9.17) is 4.74 Å². The van der Waals surface area contributed by atoms with Crippen LogP contribution in [-0.4, -0.2) is 50.7 Å². The van der Waals surface area contributed by atoms with Crippen LogP contribution in [-0.2, 0) is 0 Å². The van der Waals surface area contributed by atoms with Crippen molar-refractivity contribution >= 4 is 11.6 Å². The molecule has 1 saturated heterocycles. The summed E-state index contributed by atoms with van der Waals surface area (Å²) in [6.45, 7) is 1.36. The van der Waals surface area contributed by atoms with E-state index < -0.39 is 6.61 Å². The van der Waals surface area contributed by atoms with Crippen LogP contribution in [0.4, 0.5) is 14.5 Å². The maximum absolute atomic E-state index is 12.9. The van der Waals surface area contributed by atoms with Gasteiger partial charge in [0.1, 0.15) is 0 Å². The Balaban J connectivity index is 1.75. The molecule has 1 heterocycles. The highest BCUT2D eigenvalue weighted by Crippen LogP contribution is 2.33. The first kappa shape index (κ1) is 18.9. The number of amides is 1. The first-order valence-corrected chi connectivity index (χ1v) is 8.73. The van der Waals surface area contributed by atoms with Crippen LogP contribution < -0.4 is 14.4 Å². The van der Waals surface area contributed by atoms with Gasteiger partial charge in [0.05, 0.1) is 12.7 Å². The fourth-order valence-electron chi connectivity index (χ4n) is 3.29. The van der Waals surface area contributed by atoms with Crippen LogP contribution in [0.5, 0.6) is 11.5 Å². The Morgan fingerprint density at radius 2 is 1.74 bits per heavy atom. The summed E-state index contributed by atoms with van der Waals surface area (Å²) in [5.74, 6) is -0.449. The van der Waals surface area contributed by atoms with E-state index in [1.807, 2.05) is 12.1 Å². The number of hydrogen-bond donors (Lipinski definition) is 0. The minimum Gasteiger partial charge on any atom is -0.493 e. The Hall–Kier alpha value is -2.83. The number of methoxy groups -OCH3 is 1. The number of aryl methyl sites for hydroxylation is 1. The number of piperazine rings is 1. The fraction of sp³-hybridized carbons (Fsp3) is 0.350. The Morgan fingerprint density at radius 3 is 2.37 bits per heavy atom. The Bertz CT molecular complexity index is 806. The van der Waals surface area contributed by atoms with Crippen LogP contribution in [0.3, 0.4) is 0 Å². The normalized spacial score (nSPS) is 14.4. The molecule has 1 aliphatic rings. The van der Waals surface area contributed by atoms with E-state index >= 15 is 0 Å². The fourth-order valence-corrected chi connectivity index (χ4v) is 3.29. The first-order chi connectivity index (χ1) is 13.0. The maximum Gasteiger partial charge on any atom is 0.387 e. The molecule has 5 nitrogen and oxygen atoms in total. The van der Waals surface area contributed by atoms with Gasteiger partial charge >= 0.3 is 6.61 Å². The molecule has 1 fully saturated rings. The van der Waals surface area contributed by atoms with Gasteiger partial charge in [0, 0.05) is 31.9 Å². The Morgan fingerprint density at radius 1 is 1.04 bits per heavy atom. The summed E-state index contributed by atoms with van der Waals surface area (Å²) < 4.78 is 35.2. The number of carbonyl (C=O) groups excluding carboxylic acids is 1. The summed E-state index contributed by atoms with van der Waals surface area (Å²) in [6, 6.07) is 12.7. The van der Waals surface area contributed by atoms with Crippen LogP contribution in [0.25, 0.3) is 0 Å². The van der Waals surface area contributed by atoms with E-state index in [9.17, 15) is 13.6 Å². The number of rotatable bonds is 5. The van der Waals surface area contributed by atoms with Crippen molar-refractivity contribution < 1.29 is 23.0 Å². The maximum atomic E-state index is 12.9. The minimum atomic E-state index is -3.04. The first-order valence-electron chi connectivity index (χ1n) is 8.73. The molecule has 0 radical (unpaired) electrons. The molecule has 0 spiro atoms. The number of alkyl halides is 2. The molecule has 0 aliphatic carbocycles. The quantitative estimate of drug-likeness (QED) is 0.800. The largest absolute Gasteiger partial charge is 0.493 e. The zero-order valence-electron chi connectivity index (χ0n) is 15.3. The van der Waals surface area contributed by atoms with Gasteiger partial charge in [-0.2, -0.15) is 8.78 Å². The van der Waals surface area contributed by atoms with Gasteiger partial charge in [-0.25, -0.2) is 0 Å². The molecular weight excluding hydrogens is 354 g/mol. The van der Waals surface area contributed by atoms with Gasteiger partial charge in [-0.3, -0.25) is 4.79 Å². The molecule has 27 heavy (non-hydrogen) atoms. The molecule has 2 aromatic carbocycles. The summed E-state index contributed by atoms with van der Waals surface area (Å²) in [7, 11) is 1.35. The predicted octanol–water partition coefficient (Wildman–Crippen LogP) is 3.57. The van der Waals surface area contributed by atoms with E-state index in [0.29, 0.717) is 26.2 Å². The molecule has 0 bridgehead atoms. The third-order valence-electron chi connectivity index (χ3n) is 4.66. The predicted molar refractivity (Wildman–Crippen MR) is 98.9 cm³/mol. The van der Waals surface area contributed by atoms with Crippen LogP contribution >= 0.6 is 0 Å². The zero-order chi connectivity index (χ0) is 19.4. The lowest BCUT2D eigenvalue weighted by molar-refractivity contribution is -0.0516. The molecule has 0 aromatic heterocycles. The van der Waals surface area contributed by atoms with Crippen molar-refractivity contribution in [3.8, 4) is 11.5 Å². The van der Waals surface area contributed by atoms with E-state index in [2.05, 4.69) is 28.7 Å². The summed E-state index contributed by atoms with van der Waals surface area (Å²) in [6.07, 6.45) is 0. The molecule has 7 heteroatoms. The van der Waals surface area contributed by atoms with Crippen LogP contribution in [0.1, 0.15) is 15.9 Å². The number of anilines is 1. The molecule has 1 amide bonds. The molecular formula is C20H22F2N2O3. The molecule has 3 rings (SSSR count). The third kappa shape index (κ3) is 4.13. The van der Waals surface area contributed by atoms with E-state index in [1.54, 1.807) is 11.0 Å². The third-order valence-corrected chi connectivity index (χ3v) is 4.66. The van der Waals surface area contributed by atoms with Crippen molar-refractivity contribution in [2.45, 2.75) is 13.5 Å². The van der Waals surface area contributed by atoms with Crippen LogP contribution in [0.15, 0.2) is 42.5 Å².